The molecule has 7 aromatic rings. The Morgan fingerprint density at radius 3 is 1.02 bits per heavy atom. The second-order valence-corrected chi connectivity index (χ2v) is 10.2. The lowest BCUT2D eigenvalue weighted by atomic mass is 10.1. The zero-order valence-corrected chi connectivity index (χ0v) is 23.6. The minimum atomic E-state index is 0.709. The van der Waals surface area contributed by atoms with E-state index in [-0.39, 0.29) is 0 Å². The molecular formula is C39H28O4. The summed E-state index contributed by atoms with van der Waals surface area (Å²) in [7, 11) is 0. The van der Waals surface area contributed by atoms with Crippen LogP contribution in [0.15, 0.2) is 152 Å². The van der Waals surface area contributed by atoms with Gasteiger partial charge in [0, 0.05) is 16.3 Å². The van der Waals surface area contributed by atoms with Crippen LogP contribution in [0.5, 0.6) is 46.0 Å². The first-order valence-electron chi connectivity index (χ1n) is 14.2. The standard InChI is InChI=1S/C39H28O4/c1-27-36(40-30-19-23-32(24-20-30)42-38-17-6-11-28-9-2-4-13-34(28)38)15-8-16-37(27)41-31-21-25-33(26-22-31)43-39-18-7-12-29-10-3-5-14-35(29)39/h2-26H,1H3. The fourth-order valence-corrected chi connectivity index (χ4v) is 5.04. The Balaban J connectivity index is 1.02. The fraction of sp³-hybridized carbons (Fsp3) is 0.0256. The Labute approximate surface area is 250 Å². The molecule has 0 aromatic heterocycles. The van der Waals surface area contributed by atoms with E-state index in [0.29, 0.717) is 11.5 Å². The first kappa shape index (κ1) is 26.2. The highest BCUT2D eigenvalue weighted by Crippen LogP contribution is 2.36. The molecule has 43 heavy (non-hydrogen) atoms. The van der Waals surface area contributed by atoms with Crippen molar-refractivity contribution in [3.05, 3.63) is 157 Å². The van der Waals surface area contributed by atoms with Crippen molar-refractivity contribution in [2.75, 3.05) is 0 Å². The van der Waals surface area contributed by atoms with Crippen LogP contribution in [0.2, 0.25) is 0 Å². The topological polar surface area (TPSA) is 36.9 Å². The lowest BCUT2D eigenvalue weighted by Gasteiger charge is -2.14. The molecule has 0 N–H and O–H groups in total. The molecule has 208 valence electrons. The van der Waals surface area contributed by atoms with E-state index in [1.807, 2.05) is 122 Å². The second-order valence-electron chi connectivity index (χ2n) is 10.2. The largest absolute Gasteiger partial charge is 0.457 e. The van der Waals surface area contributed by atoms with Crippen molar-refractivity contribution in [3.8, 4) is 46.0 Å². The Hall–Kier alpha value is -5.74. The average molecular weight is 561 g/mol. The summed E-state index contributed by atoms with van der Waals surface area (Å²) in [5, 5.41) is 4.43. The molecule has 0 aliphatic rings. The van der Waals surface area contributed by atoms with Gasteiger partial charge in [0.2, 0.25) is 0 Å². The second kappa shape index (κ2) is 11.6. The molecule has 7 rings (SSSR count). The molecule has 0 amide bonds. The Kier molecular flexibility index (Phi) is 7.08. The van der Waals surface area contributed by atoms with E-state index in [2.05, 4.69) is 36.4 Å². The van der Waals surface area contributed by atoms with Gasteiger partial charge in [0.05, 0.1) is 0 Å². The lowest BCUT2D eigenvalue weighted by Crippen LogP contribution is -1.93. The summed E-state index contributed by atoms with van der Waals surface area (Å²) in [6.45, 7) is 1.99. The zero-order chi connectivity index (χ0) is 29.0. The molecular weight excluding hydrogens is 532 g/mol. The molecule has 4 nitrogen and oxygen atoms in total. The maximum absolute atomic E-state index is 6.23. The molecule has 0 unspecified atom stereocenters. The monoisotopic (exact) mass is 560 g/mol. The molecule has 0 atom stereocenters. The van der Waals surface area contributed by atoms with Crippen molar-refractivity contribution < 1.29 is 18.9 Å². The molecule has 0 fully saturated rings. The Bertz CT molecular complexity index is 1870. The van der Waals surface area contributed by atoms with E-state index < -0.39 is 0 Å². The van der Waals surface area contributed by atoms with Gasteiger partial charge in [0.25, 0.3) is 0 Å². The van der Waals surface area contributed by atoms with E-state index in [1.54, 1.807) is 0 Å². The van der Waals surface area contributed by atoms with E-state index in [9.17, 15) is 0 Å². The maximum atomic E-state index is 6.23. The molecule has 0 aliphatic heterocycles. The summed E-state index contributed by atoms with van der Waals surface area (Å²) < 4.78 is 24.8. The highest BCUT2D eigenvalue weighted by Gasteiger charge is 2.10. The molecule has 0 aliphatic carbocycles. The number of hydrogen-bond acceptors (Lipinski definition) is 4. The van der Waals surface area contributed by atoms with Gasteiger partial charge in [-0.2, -0.15) is 0 Å². The van der Waals surface area contributed by atoms with Crippen LogP contribution in [0, 0.1) is 6.92 Å². The predicted octanol–water partition coefficient (Wildman–Crippen LogP) is 11.5. The van der Waals surface area contributed by atoms with Gasteiger partial charge in [-0.25, -0.2) is 0 Å². The fourth-order valence-electron chi connectivity index (χ4n) is 5.04. The number of hydrogen-bond donors (Lipinski definition) is 0. The van der Waals surface area contributed by atoms with Crippen LogP contribution in [0.3, 0.4) is 0 Å². The third-order valence-electron chi connectivity index (χ3n) is 7.29. The minimum Gasteiger partial charge on any atom is -0.457 e. The van der Waals surface area contributed by atoms with Crippen molar-refractivity contribution in [2.24, 2.45) is 0 Å². The van der Waals surface area contributed by atoms with Crippen LogP contribution in [0.25, 0.3) is 21.5 Å². The molecule has 0 radical (unpaired) electrons. The molecule has 0 heterocycles. The van der Waals surface area contributed by atoms with Crippen LogP contribution in [0.4, 0.5) is 0 Å². The zero-order valence-electron chi connectivity index (χ0n) is 23.6. The summed E-state index contributed by atoms with van der Waals surface area (Å²) in [5.41, 5.74) is 0.898. The van der Waals surface area contributed by atoms with Crippen molar-refractivity contribution in [1.82, 2.24) is 0 Å². The van der Waals surface area contributed by atoms with Crippen molar-refractivity contribution in [2.45, 2.75) is 6.92 Å². The molecule has 7 aromatic carbocycles. The van der Waals surface area contributed by atoms with Crippen molar-refractivity contribution in [1.29, 1.82) is 0 Å². The minimum absolute atomic E-state index is 0.709. The number of rotatable bonds is 8. The lowest BCUT2D eigenvalue weighted by molar-refractivity contribution is 0.449. The number of ether oxygens (including phenoxy) is 4. The third kappa shape index (κ3) is 5.72. The van der Waals surface area contributed by atoms with Crippen LogP contribution < -0.4 is 18.9 Å². The third-order valence-corrected chi connectivity index (χ3v) is 7.29. The summed E-state index contributed by atoms with van der Waals surface area (Å²) in [4.78, 5) is 0. The smallest absolute Gasteiger partial charge is 0.135 e. The number of fused-ring (bicyclic) bond motifs is 2. The SMILES string of the molecule is Cc1c(Oc2ccc(Oc3cccc4ccccc34)cc2)cccc1Oc1ccc(Oc2cccc3ccccc23)cc1. The summed E-state index contributed by atoms with van der Waals surface area (Å²) >= 11 is 0. The summed E-state index contributed by atoms with van der Waals surface area (Å²) in [6.07, 6.45) is 0. The van der Waals surface area contributed by atoms with Gasteiger partial charge >= 0.3 is 0 Å². The first-order valence-corrected chi connectivity index (χ1v) is 14.2. The molecule has 0 saturated heterocycles. The Morgan fingerprint density at radius 2 is 0.605 bits per heavy atom. The summed E-state index contributed by atoms with van der Waals surface area (Å²) in [6, 6.07) is 49.6. The van der Waals surface area contributed by atoms with Gasteiger partial charge in [0.15, 0.2) is 0 Å². The van der Waals surface area contributed by atoms with Crippen LogP contribution in [-0.2, 0) is 0 Å². The van der Waals surface area contributed by atoms with Gasteiger partial charge in [-0.3, -0.25) is 0 Å². The van der Waals surface area contributed by atoms with E-state index in [0.717, 1.165) is 61.6 Å². The Morgan fingerprint density at radius 1 is 0.302 bits per heavy atom. The van der Waals surface area contributed by atoms with Crippen LogP contribution >= 0.6 is 0 Å². The highest BCUT2D eigenvalue weighted by molar-refractivity contribution is 5.89. The van der Waals surface area contributed by atoms with Gasteiger partial charge in [0.1, 0.15) is 46.0 Å². The van der Waals surface area contributed by atoms with Crippen molar-refractivity contribution >= 4 is 21.5 Å². The molecule has 0 spiro atoms. The van der Waals surface area contributed by atoms with Crippen molar-refractivity contribution in [3.63, 3.8) is 0 Å². The van der Waals surface area contributed by atoms with Gasteiger partial charge in [-0.15, -0.1) is 0 Å². The number of benzene rings is 7. The van der Waals surface area contributed by atoms with Crippen LogP contribution in [-0.4, -0.2) is 0 Å². The van der Waals surface area contributed by atoms with E-state index >= 15 is 0 Å². The van der Waals surface area contributed by atoms with Crippen LogP contribution in [0.1, 0.15) is 5.56 Å². The first-order chi connectivity index (χ1) is 21.2. The molecule has 0 saturated carbocycles. The van der Waals surface area contributed by atoms with E-state index in [1.165, 1.54) is 0 Å². The quantitative estimate of drug-likeness (QED) is 0.185. The van der Waals surface area contributed by atoms with Gasteiger partial charge < -0.3 is 18.9 Å². The predicted molar refractivity (Wildman–Crippen MR) is 172 cm³/mol. The highest BCUT2D eigenvalue weighted by atomic mass is 16.5. The normalized spacial score (nSPS) is 10.9. The maximum Gasteiger partial charge on any atom is 0.135 e. The van der Waals surface area contributed by atoms with E-state index in [4.69, 9.17) is 18.9 Å². The molecule has 4 heteroatoms. The molecule has 0 bridgehead atoms. The van der Waals surface area contributed by atoms with Gasteiger partial charge in [-0.1, -0.05) is 78.9 Å². The van der Waals surface area contributed by atoms with Gasteiger partial charge in [-0.05, 0) is 90.5 Å². The summed E-state index contributed by atoms with van der Waals surface area (Å²) in [5.74, 6) is 5.98. The average Bonchev–Trinajstić information content (AvgIpc) is 3.05.